The molecule has 4 nitrogen and oxygen atoms in total. The molecule has 0 saturated carbocycles. The molecule has 45 heavy (non-hydrogen) atoms. The van der Waals surface area contributed by atoms with Crippen molar-refractivity contribution in [2.45, 2.75) is 208 Å². The third-order valence-electron chi connectivity index (χ3n) is 10.4. The first-order valence-corrected chi connectivity index (χ1v) is 20.5. The Bertz CT molecular complexity index is 597. The van der Waals surface area contributed by atoms with Gasteiger partial charge in [-0.15, -0.1) is 0 Å². The maximum absolute atomic E-state index is 12.3. The molecule has 0 aromatic rings. The molecule has 0 saturated heterocycles. The molecule has 1 N–H and O–H groups in total. The van der Waals surface area contributed by atoms with Crippen molar-refractivity contribution in [3.05, 3.63) is 0 Å². The number of ether oxygens (including phenoxy) is 1. The Morgan fingerprint density at radius 3 is 1.56 bits per heavy atom. The van der Waals surface area contributed by atoms with E-state index >= 15 is 0 Å². The zero-order valence-corrected chi connectivity index (χ0v) is 31.6. The predicted molar refractivity (Wildman–Crippen MR) is 198 cm³/mol. The lowest BCUT2D eigenvalue weighted by Crippen LogP contribution is -2.27. The maximum atomic E-state index is 12.3. The summed E-state index contributed by atoms with van der Waals surface area (Å²) in [5.41, 5.74) is 0. The molecule has 0 aliphatic heterocycles. The van der Waals surface area contributed by atoms with Gasteiger partial charge in [0.15, 0.2) is 0 Å². The van der Waals surface area contributed by atoms with E-state index in [9.17, 15) is 9.90 Å². The summed E-state index contributed by atoms with van der Waals surface area (Å²) in [6.45, 7) is 16.0. The van der Waals surface area contributed by atoms with E-state index in [2.05, 4.69) is 39.5 Å². The fourth-order valence-electron chi connectivity index (χ4n) is 6.98. The lowest BCUT2D eigenvalue weighted by atomic mass is 9.84. The number of hydrogen-bond acceptors (Lipinski definition) is 4. The summed E-state index contributed by atoms with van der Waals surface area (Å²) in [5.74, 6) is 2.00. The molecule has 0 rings (SSSR count). The maximum Gasteiger partial charge on any atom is 0.308 e. The normalized spacial score (nSPS) is 13.8. The van der Waals surface area contributed by atoms with E-state index in [-0.39, 0.29) is 11.9 Å². The van der Waals surface area contributed by atoms with Gasteiger partial charge in [0.2, 0.25) is 0 Å². The van der Waals surface area contributed by atoms with Crippen molar-refractivity contribution >= 4 is 5.97 Å². The molecule has 0 radical (unpaired) electrons. The van der Waals surface area contributed by atoms with Crippen molar-refractivity contribution < 1.29 is 14.6 Å². The van der Waals surface area contributed by atoms with Gasteiger partial charge >= 0.3 is 5.97 Å². The monoisotopic (exact) mass is 638 g/mol. The van der Waals surface area contributed by atoms with Gasteiger partial charge in [0, 0.05) is 6.61 Å². The minimum Gasteiger partial charge on any atom is -0.465 e. The lowest BCUT2D eigenvalue weighted by Gasteiger charge is -2.22. The summed E-state index contributed by atoms with van der Waals surface area (Å²) < 4.78 is 5.58. The molecular formula is C41H83NO3. The van der Waals surface area contributed by atoms with Crippen molar-refractivity contribution in [2.75, 3.05) is 32.8 Å². The fraction of sp³-hybridized carbons (Fsp3) is 0.976. The second-order valence-electron chi connectivity index (χ2n) is 14.4. The van der Waals surface area contributed by atoms with Gasteiger partial charge < -0.3 is 14.7 Å². The molecule has 0 fully saturated rings. The van der Waals surface area contributed by atoms with Crippen LogP contribution in [0.4, 0.5) is 0 Å². The molecule has 0 aliphatic carbocycles. The molecule has 0 aliphatic rings. The highest BCUT2D eigenvalue weighted by atomic mass is 16.5. The first kappa shape index (κ1) is 44.4. The van der Waals surface area contributed by atoms with Crippen molar-refractivity contribution in [1.82, 2.24) is 4.90 Å². The molecule has 0 aromatic heterocycles. The predicted octanol–water partition coefficient (Wildman–Crippen LogP) is 12.3. The van der Waals surface area contributed by atoms with Crippen LogP contribution in [-0.4, -0.2) is 48.8 Å². The van der Waals surface area contributed by atoms with Gasteiger partial charge in [-0.25, -0.2) is 0 Å². The molecule has 0 aromatic carbocycles. The van der Waals surface area contributed by atoms with Crippen molar-refractivity contribution in [1.29, 1.82) is 0 Å². The molecule has 0 spiro atoms. The fourth-order valence-corrected chi connectivity index (χ4v) is 6.98. The van der Waals surface area contributed by atoms with Crippen molar-refractivity contribution in [3.63, 3.8) is 0 Å². The average Bonchev–Trinajstić information content (AvgIpc) is 3.04. The van der Waals surface area contributed by atoms with Crippen LogP contribution in [0.3, 0.4) is 0 Å². The number of unbranched alkanes of at least 4 members (excludes halogenated alkanes) is 17. The highest BCUT2D eigenvalue weighted by molar-refractivity contribution is 5.72. The molecular weight excluding hydrogens is 554 g/mol. The van der Waals surface area contributed by atoms with Crippen LogP contribution in [0.15, 0.2) is 0 Å². The summed E-state index contributed by atoms with van der Waals surface area (Å²) in [6.07, 6.45) is 34.4. The zero-order chi connectivity index (χ0) is 33.2. The molecule has 0 bridgehead atoms. The molecule has 3 unspecified atom stereocenters. The molecule has 0 heterocycles. The van der Waals surface area contributed by atoms with Crippen LogP contribution in [0, 0.1) is 17.8 Å². The van der Waals surface area contributed by atoms with E-state index in [1.807, 2.05) is 0 Å². The van der Waals surface area contributed by atoms with Crippen LogP contribution in [0.2, 0.25) is 0 Å². The van der Waals surface area contributed by atoms with Crippen LogP contribution >= 0.6 is 0 Å². The number of carbonyl (C=O) groups is 1. The van der Waals surface area contributed by atoms with Crippen molar-refractivity contribution in [3.8, 4) is 0 Å². The minimum absolute atomic E-state index is 0.0333. The molecule has 3 atom stereocenters. The van der Waals surface area contributed by atoms with E-state index in [4.69, 9.17) is 4.74 Å². The number of rotatable bonds is 36. The van der Waals surface area contributed by atoms with Gasteiger partial charge in [0.1, 0.15) is 0 Å². The van der Waals surface area contributed by atoms with E-state index < -0.39 is 0 Å². The number of hydrogen-bond donors (Lipinski definition) is 1. The van der Waals surface area contributed by atoms with Gasteiger partial charge in [-0.3, -0.25) is 4.79 Å². The average molecular weight is 638 g/mol. The summed E-state index contributed by atoms with van der Waals surface area (Å²) in [4.78, 5) is 15.0. The van der Waals surface area contributed by atoms with Gasteiger partial charge in [0.25, 0.3) is 0 Å². The Hall–Kier alpha value is -0.610. The first-order valence-electron chi connectivity index (χ1n) is 20.5. The zero-order valence-electron chi connectivity index (χ0n) is 31.6. The quantitative estimate of drug-likeness (QED) is 0.0548. The minimum atomic E-state index is 0.0333. The van der Waals surface area contributed by atoms with Gasteiger partial charge in [-0.1, -0.05) is 163 Å². The second kappa shape index (κ2) is 34.7. The third-order valence-corrected chi connectivity index (χ3v) is 10.4. The molecule has 270 valence electrons. The Morgan fingerprint density at radius 1 is 0.556 bits per heavy atom. The standard InChI is InChI=1S/C41H83NO3/c1-6-10-23-32-40(9-4)41(44)45-37-29-22-18-14-17-21-26-34-42(35-27-28-36-43)33-25-20-16-13-12-15-19-24-30-38(5)39(8-3)31-11-7-2/h38-40,43H,6-37H2,1-5H3. The Labute approximate surface area is 283 Å². The highest BCUT2D eigenvalue weighted by Crippen LogP contribution is 2.26. The van der Waals surface area contributed by atoms with Crippen molar-refractivity contribution in [2.24, 2.45) is 17.8 Å². The number of aliphatic hydroxyl groups is 1. The SMILES string of the molecule is CCCCCC(CC)C(=O)OCCCCCCCCCN(CCCCO)CCCCCCCCCCC(C)C(CC)CCCC. The summed E-state index contributed by atoms with van der Waals surface area (Å²) in [6, 6.07) is 0. The number of nitrogens with zero attached hydrogens (tertiary/aromatic N) is 1. The van der Waals surface area contributed by atoms with Crippen LogP contribution in [0.1, 0.15) is 208 Å². The van der Waals surface area contributed by atoms with Gasteiger partial charge in [-0.05, 0) is 76.4 Å². The van der Waals surface area contributed by atoms with E-state index in [1.54, 1.807) is 0 Å². The largest absolute Gasteiger partial charge is 0.465 e. The van der Waals surface area contributed by atoms with E-state index in [0.29, 0.717) is 13.2 Å². The smallest absolute Gasteiger partial charge is 0.308 e. The van der Waals surface area contributed by atoms with Crippen LogP contribution < -0.4 is 0 Å². The van der Waals surface area contributed by atoms with Gasteiger partial charge in [-0.2, -0.15) is 0 Å². The first-order chi connectivity index (χ1) is 22.0. The molecule has 0 amide bonds. The summed E-state index contributed by atoms with van der Waals surface area (Å²) in [7, 11) is 0. The van der Waals surface area contributed by atoms with Crippen LogP contribution in [0.25, 0.3) is 0 Å². The second-order valence-corrected chi connectivity index (χ2v) is 14.4. The number of aliphatic hydroxyl groups excluding tert-OH is 1. The molecule has 4 heteroatoms. The van der Waals surface area contributed by atoms with Crippen LogP contribution in [0.5, 0.6) is 0 Å². The van der Waals surface area contributed by atoms with E-state index in [0.717, 1.165) is 56.9 Å². The Balaban J connectivity index is 3.83. The highest BCUT2D eigenvalue weighted by Gasteiger charge is 2.17. The Morgan fingerprint density at radius 2 is 1.04 bits per heavy atom. The lowest BCUT2D eigenvalue weighted by molar-refractivity contribution is -0.149. The van der Waals surface area contributed by atoms with Gasteiger partial charge in [0.05, 0.1) is 12.5 Å². The van der Waals surface area contributed by atoms with E-state index in [1.165, 1.54) is 148 Å². The van der Waals surface area contributed by atoms with Crippen LogP contribution in [-0.2, 0) is 9.53 Å². The summed E-state index contributed by atoms with van der Waals surface area (Å²) in [5, 5.41) is 9.23. The summed E-state index contributed by atoms with van der Waals surface area (Å²) >= 11 is 0. The number of carbonyl (C=O) groups excluding carboxylic acids is 1. The Kier molecular flexibility index (Phi) is 34.2. The topological polar surface area (TPSA) is 49.8 Å². The third kappa shape index (κ3) is 28.1. The number of esters is 1.